The molecule has 0 radical (unpaired) electrons. The van der Waals surface area contributed by atoms with E-state index in [1.54, 1.807) is 0 Å². The second-order valence-electron chi connectivity index (χ2n) is 7.10. The third-order valence-corrected chi connectivity index (χ3v) is 5.01. The van der Waals surface area contributed by atoms with Gasteiger partial charge in [0.1, 0.15) is 0 Å². The van der Waals surface area contributed by atoms with E-state index in [0.29, 0.717) is 12.5 Å². The molecule has 0 aromatic heterocycles. The van der Waals surface area contributed by atoms with Crippen LogP contribution in [0.1, 0.15) is 53.4 Å². The van der Waals surface area contributed by atoms with Crippen molar-refractivity contribution in [3.05, 3.63) is 0 Å². The van der Waals surface area contributed by atoms with Crippen LogP contribution in [-0.4, -0.2) is 12.6 Å². The predicted molar refractivity (Wildman–Crippen MR) is 73.1 cm³/mol. The van der Waals surface area contributed by atoms with Crippen LogP contribution >= 0.6 is 0 Å². The number of carbonyl (C=O) groups excluding carboxylic acids is 1. The lowest BCUT2D eigenvalue weighted by Gasteiger charge is -2.46. The van der Waals surface area contributed by atoms with Crippen molar-refractivity contribution in [3.63, 3.8) is 0 Å². The second kappa shape index (κ2) is 5.63. The van der Waals surface area contributed by atoms with Crippen molar-refractivity contribution in [2.45, 2.75) is 53.4 Å². The van der Waals surface area contributed by atoms with Gasteiger partial charge in [0.2, 0.25) is 0 Å². The van der Waals surface area contributed by atoms with E-state index in [2.05, 4.69) is 13.8 Å². The van der Waals surface area contributed by atoms with Crippen molar-refractivity contribution >= 4 is 5.97 Å². The van der Waals surface area contributed by atoms with Gasteiger partial charge < -0.3 is 4.74 Å². The fourth-order valence-electron chi connectivity index (χ4n) is 4.16. The maximum absolute atomic E-state index is 11.6. The van der Waals surface area contributed by atoms with Crippen molar-refractivity contribution < 1.29 is 9.53 Å². The first-order valence-electron chi connectivity index (χ1n) is 7.64. The minimum atomic E-state index is -0.0341. The molecule has 2 aliphatic rings. The van der Waals surface area contributed by atoms with E-state index >= 15 is 0 Å². The molecule has 2 rings (SSSR count). The van der Waals surface area contributed by atoms with Crippen LogP contribution in [0.4, 0.5) is 0 Å². The van der Waals surface area contributed by atoms with Crippen LogP contribution in [0.5, 0.6) is 0 Å². The molecule has 0 amide bonds. The molecule has 5 atom stereocenters. The van der Waals surface area contributed by atoms with E-state index in [9.17, 15) is 4.79 Å². The smallest absolute Gasteiger partial charge is 0.308 e. The minimum absolute atomic E-state index is 0.00178. The molecule has 0 heterocycles. The lowest BCUT2D eigenvalue weighted by atomic mass is 9.60. The molecule has 0 aliphatic heterocycles. The first-order chi connectivity index (χ1) is 8.47. The number of rotatable bonds is 3. The van der Waals surface area contributed by atoms with E-state index < -0.39 is 0 Å². The Labute approximate surface area is 111 Å². The molecule has 2 fully saturated rings. The van der Waals surface area contributed by atoms with Gasteiger partial charge in [0, 0.05) is 0 Å². The van der Waals surface area contributed by atoms with Crippen LogP contribution in [-0.2, 0) is 9.53 Å². The van der Waals surface area contributed by atoms with Gasteiger partial charge in [-0.2, -0.15) is 0 Å². The average molecular weight is 252 g/mol. The zero-order valence-corrected chi connectivity index (χ0v) is 12.3. The van der Waals surface area contributed by atoms with Crippen molar-refractivity contribution in [2.75, 3.05) is 6.61 Å². The fourth-order valence-corrected chi connectivity index (χ4v) is 4.16. The third kappa shape index (κ3) is 3.07. The molecule has 0 spiro atoms. The highest BCUT2D eigenvalue weighted by molar-refractivity contribution is 5.71. The van der Waals surface area contributed by atoms with Gasteiger partial charge in [0.25, 0.3) is 0 Å². The zero-order chi connectivity index (χ0) is 13.3. The highest BCUT2D eigenvalue weighted by Gasteiger charge is 2.40. The Morgan fingerprint density at radius 1 is 1.17 bits per heavy atom. The van der Waals surface area contributed by atoms with E-state index in [4.69, 9.17) is 4.74 Å². The summed E-state index contributed by atoms with van der Waals surface area (Å²) in [5.74, 6) is 3.89. The molecular weight excluding hydrogens is 224 g/mol. The van der Waals surface area contributed by atoms with Gasteiger partial charge in [-0.3, -0.25) is 4.79 Å². The van der Waals surface area contributed by atoms with E-state index in [-0.39, 0.29) is 11.9 Å². The van der Waals surface area contributed by atoms with Crippen molar-refractivity contribution in [2.24, 2.45) is 35.5 Å². The lowest BCUT2D eigenvalue weighted by Crippen LogP contribution is -2.39. The van der Waals surface area contributed by atoms with Gasteiger partial charge in [0.05, 0.1) is 12.5 Å². The molecule has 0 saturated heterocycles. The quantitative estimate of drug-likeness (QED) is 0.712. The van der Waals surface area contributed by atoms with Crippen LogP contribution in [0.2, 0.25) is 0 Å². The molecule has 0 aromatic carbocycles. The molecule has 18 heavy (non-hydrogen) atoms. The second-order valence-corrected chi connectivity index (χ2v) is 7.10. The van der Waals surface area contributed by atoms with Crippen LogP contribution in [0.15, 0.2) is 0 Å². The highest BCUT2D eigenvalue weighted by atomic mass is 16.5. The summed E-state index contributed by atoms with van der Waals surface area (Å²) in [6, 6.07) is 0. The van der Waals surface area contributed by atoms with Gasteiger partial charge >= 0.3 is 5.97 Å². The maximum atomic E-state index is 11.6. The number of ether oxygens (including phenoxy) is 1. The van der Waals surface area contributed by atoms with Crippen molar-refractivity contribution in [1.29, 1.82) is 0 Å². The number of fused-ring (bicyclic) bond motifs is 2. The van der Waals surface area contributed by atoms with Gasteiger partial charge in [-0.15, -0.1) is 0 Å². The Hall–Kier alpha value is -0.530. The summed E-state index contributed by atoms with van der Waals surface area (Å²) in [6.45, 7) is 9.20. The molecule has 5 unspecified atom stereocenters. The van der Waals surface area contributed by atoms with Crippen LogP contribution in [0, 0.1) is 35.5 Å². The molecular formula is C16H28O2. The summed E-state index contributed by atoms with van der Waals surface area (Å²) in [6.07, 6.45) is 5.47. The monoisotopic (exact) mass is 252 g/mol. The average Bonchev–Trinajstić information content (AvgIpc) is 2.26. The topological polar surface area (TPSA) is 26.3 Å². The molecule has 104 valence electrons. The van der Waals surface area contributed by atoms with E-state index in [1.807, 2.05) is 13.8 Å². The number of hydrogen-bond acceptors (Lipinski definition) is 2. The van der Waals surface area contributed by atoms with Gasteiger partial charge in [0.15, 0.2) is 0 Å². The number of carbonyl (C=O) groups is 1. The molecule has 2 heteroatoms. The lowest BCUT2D eigenvalue weighted by molar-refractivity contribution is -0.151. The summed E-state index contributed by atoms with van der Waals surface area (Å²) in [4.78, 5) is 11.6. The zero-order valence-electron chi connectivity index (χ0n) is 12.3. The first-order valence-corrected chi connectivity index (χ1v) is 7.64. The summed E-state index contributed by atoms with van der Waals surface area (Å²) < 4.78 is 5.50. The molecule has 0 N–H and O–H groups in total. The molecule has 2 saturated carbocycles. The Bertz CT molecular complexity index is 293. The first kappa shape index (κ1) is 13.9. The molecule has 2 bridgehead atoms. The van der Waals surface area contributed by atoms with Gasteiger partial charge in [-0.25, -0.2) is 0 Å². The number of hydrogen-bond donors (Lipinski definition) is 0. The summed E-state index contributed by atoms with van der Waals surface area (Å²) in [5.41, 5.74) is 0. The Kier molecular flexibility index (Phi) is 4.34. The van der Waals surface area contributed by atoms with Crippen LogP contribution < -0.4 is 0 Å². The Balaban J connectivity index is 1.92. The summed E-state index contributed by atoms with van der Waals surface area (Å²) >= 11 is 0. The standard InChI is InChI=1S/C16H28O2/c1-10(2)16(17)18-9-15-12(4)7-13-5-11(3)6-14(15)8-13/h10-15H,5-9H2,1-4H3. The summed E-state index contributed by atoms with van der Waals surface area (Å²) in [5, 5.41) is 0. The van der Waals surface area contributed by atoms with Crippen LogP contribution in [0.3, 0.4) is 0 Å². The van der Waals surface area contributed by atoms with Gasteiger partial charge in [-0.1, -0.05) is 27.7 Å². The highest BCUT2D eigenvalue weighted by Crippen LogP contribution is 2.47. The summed E-state index contributed by atoms with van der Waals surface area (Å²) in [7, 11) is 0. The van der Waals surface area contributed by atoms with Crippen LogP contribution in [0.25, 0.3) is 0 Å². The molecule has 2 aliphatic carbocycles. The SMILES string of the molecule is CC1CC2CC(C)C(COC(=O)C(C)C)C(C1)C2. The van der Waals surface area contributed by atoms with E-state index in [0.717, 1.165) is 23.7 Å². The molecule has 2 nitrogen and oxygen atoms in total. The fraction of sp³-hybridized carbons (Fsp3) is 0.938. The largest absolute Gasteiger partial charge is 0.465 e. The minimum Gasteiger partial charge on any atom is -0.465 e. The maximum Gasteiger partial charge on any atom is 0.308 e. The predicted octanol–water partition coefficient (Wildman–Crippen LogP) is 3.89. The van der Waals surface area contributed by atoms with E-state index in [1.165, 1.54) is 25.7 Å². The number of esters is 1. The molecule has 0 aromatic rings. The van der Waals surface area contributed by atoms with Crippen molar-refractivity contribution in [3.8, 4) is 0 Å². The van der Waals surface area contributed by atoms with Crippen molar-refractivity contribution in [1.82, 2.24) is 0 Å². The Morgan fingerprint density at radius 2 is 1.89 bits per heavy atom. The Morgan fingerprint density at radius 3 is 2.56 bits per heavy atom. The van der Waals surface area contributed by atoms with Gasteiger partial charge in [-0.05, 0) is 55.3 Å². The third-order valence-electron chi connectivity index (χ3n) is 5.01. The normalized spacial score (nSPS) is 39.7.